The maximum atomic E-state index is 8.88. The van der Waals surface area contributed by atoms with E-state index >= 15 is 0 Å². The van der Waals surface area contributed by atoms with Crippen molar-refractivity contribution in [1.29, 1.82) is 5.26 Å². The topological polar surface area (TPSA) is 54.5 Å². The van der Waals surface area contributed by atoms with Crippen molar-refractivity contribution >= 4 is 22.6 Å². The highest BCUT2D eigenvalue weighted by Crippen LogP contribution is 2.21. The van der Waals surface area contributed by atoms with Crippen molar-refractivity contribution in [1.82, 2.24) is 15.0 Å². The Balaban J connectivity index is 2.59. The van der Waals surface area contributed by atoms with Gasteiger partial charge in [0.15, 0.2) is 5.69 Å². The van der Waals surface area contributed by atoms with Gasteiger partial charge in [-0.1, -0.05) is 17.3 Å². The molecule has 2 rings (SSSR count). The molecule has 0 bridgehead atoms. The number of hydrogen-bond acceptors (Lipinski definition) is 3. The number of rotatable bonds is 1. The lowest BCUT2D eigenvalue weighted by atomic mass is 10.1. The Morgan fingerprint density at radius 1 is 1.33 bits per heavy atom. The average Bonchev–Trinajstić information content (AvgIpc) is 2.61. The second-order valence-corrected chi connectivity index (χ2v) is 4.27. The molecular weight excluding hydrogens is 303 g/mol. The van der Waals surface area contributed by atoms with E-state index in [9.17, 15) is 0 Å². The van der Waals surface area contributed by atoms with Crippen LogP contribution in [0.5, 0.6) is 0 Å². The van der Waals surface area contributed by atoms with Gasteiger partial charge in [0.05, 0.1) is 0 Å². The van der Waals surface area contributed by atoms with Crippen molar-refractivity contribution in [3.05, 3.63) is 33.5 Å². The summed E-state index contributed by atoms with van der Waals surface area (Å²) in [5.41, 5.74) is 2.08. The van der Waals surface area contributed by atoms with Crippen molar-refractivity contribution in [2.45, 2.75) is 0 Å². The largest absolute Gasteiger partial charge is 0.246 e. The highest BCUT2D eigenvalue weighted by molar-refractivity contribution is 14.1. The molecule has 0 aliphatic heterocycles. The molecule has 0 saturated carbocycles. The van der Waals surface area contributed by atoms with Gasteiger partial charge in [0.25, 0.3) is 0 Å². The van der Waals surface area contributed by atoms with Crippen LogP contribution in [0.4, 0.5) is 0 Å². The van der Waals surface area contributed by atoms with Gasteiger partial charge in [0.1, 0.15) is 11.8 Å². The van der Waals surface area contributed by atoms with Crippen molar-refractivity contribution in [2.75, 3.05) is 0 Å². The molecule has 0 radical (unpaired) electrons. The third-order valence-corrected chi connectivity index (χ3v) is 2.77. The number of aryl methyl sites for hydroxylation is 1. The fraction of sp³-hybridized carbons (Fsp3) is 0.100. The first kappa shape index (κ1) is 10.1. The Kier molecular flexibility index (Phi) is 2.68. The summed E-state index contributed by atoms with van der Waals surface area (Å²) in [7, 11) is 1.78. The van der Waals surface area contributed by atoms with Gasteiger partial charge in [-0.05, 0) is 34.7 Å². The van der Waals surface area contributed by atoms with Crippen LogP contribution in [-0.2, 0) is 7.05 Å². The van der Waals surface area contributed by atoms with E-state index in [2.05, 4.69) is 32.9 Å². The predicted octanol–water partition coefficient (Wildman–Crippen LogP) is 1.96. The third-order valence-electron chi connectivity index (χ3n) is 2.05. The normalized spacial score (nSPS) is 9.93. The van der Waals surface area contributed by atoms with Gasteiger partial charge in [0, 0.05) is 16.2 Å². The first-order valence-corrected chi connectivity index (χ1v) is 5.36. The van der Waals surface area contributed by atoms with E-state index < -0.39 is 0 Å². The molecule has 0 aliphatic carbocycles. The predicted molar refractivity (Wildman–Crippen MR) is 63.9 cm³/mol. The SMILES string of the molecule is Cn1nnc(C#N)c1-c1ccc(I)cc1. The second kappa shape index (κ2) is 3.98. The Bertz CT molecular complexity index is 521. The standard InChI is InChI=1S/C10H7IN4/c1-15-10(9(6-12)13-14-15)7-2-4-8(11)5-3-7/h2-5H,1H3. The van der Waals surface area contributed by atoms with Crippen LogP contribution in [0.15, 0.2) is 24.3 Å². The molecule has 0 aliphatic rings. The first-order valence-electron chi connectivity index (χ1n) is 4.28. The molecule has 0 spiro atoms. The Morgan fingerprint density at radius 2 is 2.00 bits per heavy atom. The summed E-state index contributed by atoms with van der Waals surface area (Å²) in [5, 5.41) is 16.5. The molecule has 1 aromatic heterocycles. The molecule has 2 aromatic rings. The van der Waals surface area contributed by atoms with Crippen LogP contribution in [0.25, 0.3) is 11.3 Å². The van der Waals surface area contributed by atoms with E-state index in [1.807, 2.05) is 30.3 Å². The zero-order valence-corrected chi connectivity index (χ0v) is 10.1. The van der Waals surface area contributed by atoms with Crippen LogP contribution in [0, 0.1) is 14.9 Å². The lowest BCUT2D eigenvalue weighted by Gasteiger charge is -2.01. The monoisotopic (exact) mass is 310 g/mol. The Hall–Kier alpha value is -1.42. The van der Waals surface area contributed by atoms with E-state index in [-0.39, 0.29) is 0 Å². The number of aromatic nitrogens is 3. The van der Waals surface area contributed by atoms with Crippen molar-refractivity contribution in [3.63, 3.8) is 0 Å². The lowest BCUT2D eigenvalue weighted by Crippen LogP contribution is -1.94. The minimum atomic E-state index is 0.360. The molecule has 1 aromatic carbocycles. The highest BCUT2D eigenvalue weighted by Gasteiger charge is 2.11. The van der Waals surface area contributed by atoms with Crippen LogP contribution in [-0.4, -0.2) is 15.0 Å². The number of hydrogen-bond donors (Lipinski definition) is 0. The summed E-state index contributed by atoms with van der Waals surface area (Å²) in [5.74, 6) is 0. The molecule has 5 heteroatoms. The fourth-order valence-corrected chi connectivity index (χ4v) is 1.72. The van der Waals surface area contributed by atoms with Crippen molar-refractivity contribution in [3.8, 4) is 17.3 Å². The average molecular weight is 310 g/mol. The first-order chi connectivity index (χ1) is 7.22. The number of nitriles is 1. The Morgan fingerprint density at radius 3 is 2.60 bits per heavy atom. The fourth-order valence-electron chi connectivity index (χ4n) is 1.36. The molecule has 0 N–H and O–H groups in total. The van der Waals surface area contributed by atoms with Gasteiger partial charge in [-0.25, -0.2) is 4.68 Å². The maximum absolute atomic E-state index is 8.88. The lowest BCUT2D eigenvalue weighted by molar-refractivity contribution is 0.720. The highest BCUT2D eigenvalue weighted by atomic mass is 127. The van der Waals surface area contributed by atoms with Gasteiger partial charge in [-0.2, -0.15) is 5.26 Å². The van der Waals surface area contributed by atoms with Gasteiger partial charge >= 0.3 is 0 Å². The maximum Gasteiger partial charge on any atom is 0.190 e. The molecule has 0 amide bonds. The van der Waals surface area contributed by atoms with Crippen LogP contribution >= 0.6 is 22.6 Å². The number of halogens is 1. The summed E-state index contributed by atoms with van der Waals surface area (Å²) >= 11 is 2.24. The summed E-state index contributed by atoms with van der Waals surface area (Å²) in [6.07, 6.45) is 0. The van der Waals surface area contributed by atoms with Crippen LogP contribution in [0.3, 0.4) is 0 Å². The molecule has 0 saturated heterocycles. The molecule has 74 valence electrons. The van der Waals surface area contributed by atoms with Gasteiger partial charge in [-0.3, -0.25) is 0 Å². The zero-order chi connectivity index (χ0) is 10.8. The molecule has 1 heterocycles. The third kappa shape index (κ3) is 1.85. The number of benzene rings is 1. The minimum absolute atomic E-state index is 0.360. The van der Waals surface area contributed by atoms with Crippen molar-refractivity contribution in [2.24, 2.45) is 7.05 Å². The van der Waals surface area contributed by atoms with Crippen molar-refractivity contribution < 1.29 is 0 Å². The molecule has 0 atom stereocenters. The molecular formula is C10H7IN4. The smallest absolute Gasteiger partial charge is 0.190 e. The van der Waals surface area contributed by atoms with Gasteiger partial charge in [-0.15, -0.1) is 5.10 Å². The van der Waals surface area contributed by atoms with E-state index in [1.54, 1.807) is 11.7 Å². The summed E-state index contributed by atoms with van der Waals surface area (Å²) in [6, 6.07) is 9.93. The minimum Gasteiger partial charge on any atom is -0.246 e. The quantitative estimate of drug-likeness (QED) is 0.757. The van der Waals surface area contributed by atoms with Crippen LogP contribution in [0.2, 0.25) is 0 Å². The van der Waals surface area contributed by atoms with Crippen LogP contribution < -0.4 is 0 Å². The zero-order valence-electron chi connectivity index (χ0n) is 7.98. The van der Waals surface area contributed by atoms with Crippen LogP contribution in [0.1, 0.15) is 5.69 Å². The van der Waals surface area contributed by atoms with E-state index in [1.165, 1.54) is 0 Å². The second-order valence-electron chi connectivity index (χ2n) is 3.03. The molecule has 15 heavy (non-hydrogen) atoms. The van der Waals surface area contributed by atoms with Gasteiger partial charge < -0.3 is 0 Å². The van der Waals surface area contributed by atoms with E-state index in [0.717, 1.165) is 14.8 Å². The summed E-state index contributed by atoms with van der Waals surface area (Å²) in [4.78, 5) is 0. The summed E-state index contributed by atoms with van der Waals surface area (Å²) < 4.78 is 2.77. The Labute approximate surface area is 101 Å². The molecule has 0 fully saturated rings. The van der Waals surface area contributed by atoms with E-state index in [4.69, 9.17) is 5.26 Å². The molecule has 0 unspecified atom stereocenters. The number of nitrogens with zero attached hydrogens (tertiary/aromatic N) is 4. The summed E-state index contributed by atoms with van der Waals surface area (Å²) in [6.45, 7) is 0. The van der Waals surface area contributed by atoms with Gasteiger partial charge in [0.2, 0.25) is 0 Å². The molecule has 4 nitrogen and oxygen atoms in total. The van der Waals surface area contributed by atoms with E-state index in [0.29, 0.717) is 5.69 Å².